The third kappa shape index (κ3) is 2.37. The monoisotopic (exact) mass is 329 g/mol. The third-order valence-electron chi connectivity index (χ3n) is 3.24. The lowest BCUT2D eigenvalue weighted by molar-refractivity contribution is -0.148. The van der Waals surface area contributed by atoms with Crippen molar-refractivity contribution in [1.29, 1.82) is 0 Å². The normalized spacial score (nSPS) is 34.1. The molecule has 1 unspecified atom stereocenters. The highest BCUT2D eigenvalue weighted by Gasteiger charge is 2.60. The standard InChI is InChI=1S/C10H11ClF3N3O4/c11-8(14)10(2-18)5(19)4(13)7(21-10)17-1-3(12)6(15)16-9(17)20/h1,4-5,7-8,18-19H,2H2,(H2,15,16,20)/t4-,5-,7+,8?,10+/m0/s1. The van der Waals surface area contributed by atoms with Crippen molar-refractivity contribution in [3.05, 3.63) is 22.5 Å². The molecule has 1 aliphatic rings. The molecule has 5 atom stereocenters. The van der Waals surface area contributed by atoms with Crippen molar-refractivity contribution in [2.75, 3.05) is 12.3 Å². The molecule has 0 aromatic carbocycles. The number of hydrogen-bond donors (Lipinski definition) is 3. The molecule has 21 heavy (non-hydrogen) atoms. The number of nitrogen functional groups attached to an aromatic ring is 1. The fourth-order valence-electron chi connectivity index (χ4n) is 2.02. The van der Waals surface area contributed by atoms with Crippen LogP contribution < -0.4 is 11.4 Å². The first-order valence-electron chi connectivity index (χ1n) is 5.67. The molecule has 4 N–H and O–H groups in total. The van der Waals surface area contributed by atoms with E-state index >= 15 is 0 Å². The van der Waals surface area contributed by atoms with Gasteiger partial charge in [-0.1, -0.05) is 11.6 Å². The minimum absolute atomic E-state index is 0.357. The predicted molar refractivity (Wildman–Crippen MR) is 64.5 cm³/mol. The van der Waals surface area contributed by atoms with Gasteiger partial charge in [0.25, 0.3) is 0 Å². The van der Waals surface area contributed by atoms with Crippen molar-refractivity contribution in [3.63, 3.8) is 0 Å². The second kappa shape index (κ2) is 5.44. The Kier molecular flexibility index (Phi) is 4.15. The molecule has 0 radical (unpaired) electrons. The molecule has 1 aliphatic heterocycles. The SMILES string of the molecule is Nc1nc(=O)n([C@@H]2O[C@@](CO)(C(F)Cl)[C@@H](O)[C@@H]2F)cc1F. The summed E-state index contributed by atoms with van der Waals surface area (Å²) in [5.41, 5.74) is -1.05. The number of nitrogens with zero attached hydrogens (tertiary/aromatic N) is 2. The molecule has 1 aromatic heterocycles. The van der Waals surface area contributed by atoms with Crippen molar-refractivity contribution in [3.8, 4) is 0 Å². The summed E-state index contributed by atoms with van der Waals surface area (Å²) in [6.45, 7) is -1.16. The summed E-state index contributed by atoms with van der Waals surface area (Å²) in [5, 5.41) is 18.8. The Bertz CT molecular complexity index is 601. The first-order chi connectivity index (χ1) is 9.74. The van der Waals surface area contributed by atoms with Crippen molar-refractivity contribution < 1.29 is 28.1 Å². The molecule has 7 nitrogen and oxygen atoms in total. The van der Waals surface area contributed by atoms with Gasteiger partial charge in [-0.3, -0.25) is 4.57 Å². The number of anilines is 1. The molecule has 0 amide bonds. The van der Waals surface area contributed by atoms with Gasteiger partial charge in [0.1, 0.15) is 6.10 Å². The fraction of sp³-hybridized carbons (Fsp3) is 0.600. The van der Waals surface area contributed by atoms with Gasteiger partial charge in [-0.15, -0.1) is 0 Å². The van der Waals surface area contributed by atoms with Crippen LogP contribution >= 0.6 is 11.6 Å². The maximum atomic E-state index is 14.1. The lowest BCUT2D eigenvalue weighted by Gasteiger charge is -2.29. The maximum Gasteiger partial charge on any atom is 0.351 e. The number of aliphatic hydroxyl groups is 2. The van der Waals surface area contributed by atoms with Crippen molar-refractivity contribution >= 4 is 17.4 Å². The van der Waals surface area contributed by atoms with Crippen LogP contribution in [0.4, 0.5) is 19.0 Å². The van der Waals surface area contributed by atoms with Gasteiger partial charge in [-0.25, -0.2) is 18.0 Å². The van der Waals surface area contributed by atoms with Gasteiger partial charge >= 0.3 is 5.69 Å². The van der Waals surface area contributed by atoms with Crippen LogP contribution in [0.2, 0.25) is 0 Å². The number of hydrogen-bond acceptors (Lipinski definition) is 6. The van der Waals surface area contributed by atoms with Crippen LogP contribution in [0.3, 0.4) is 0 Å². The molecular formula is C10H11ClF3N3O4. The largest absolute Gasteiger partial charge is 0.393 e. The molecule has 118 valence electrons. The van der Waals surface area contributed by atoms with E-state index in [2.05, 4.69) is 4.98 Å². The summed E-state index contributed by atoms with van der Waals surface area (Å²) in [7, 11) is 0. The Morgan fingerprint density at radius 3 is 2.76 bits per heavy atom. The first kappa shape index (κ1) is 16.0. The van der Waals surface area contributed by atoms with E-state index in [1.807, 2.05) is 0 Å². The lowest BCUT2D eigenvalue weighted by atomic mass is 9.98. The van der Waals surface area contributed by atoms with Gasteiger partial charge in [-0.2, -0.15) is 4.98 Å². The van der Waals surface area contributed by atoms with E-state index in [4.69, 9.17) is 27.2 Å². The first-order valence-corrected chi connectivity index (χ1v) is 6.11. The summed E-state index contributed by atoms with van der Waals surface area (Å²) >= 11 is 5.17. The highest BCUT2D eigenvalue weighted by atomic mass is 35.5. The van der Waals surface area contributed by atoms with Crippen LogP contribution in [-0.4, -0.2) is 49.9 Å². The zero-order valence-corrected chi connectivity index (χ0v) is 11.0. The minimum Gasteiger partial charge on any atom is -0.393 e. The van der Waals surface area contributed by atoms with Gasteiger partial charge in [0.15, 0.2) is 29.6 Å². The zero-order chi connectivity index (χ0) is 15.9. The van der Waals surface area contributed by atoms with Gasteiger partial charge in [0, 0.05) is 0 Å². The Labute approximate surface area is 120 Å². The Morgan fingerprint density at radius 1 is 1.67 bits per heavy atom. The average Bonchev–Trinajstić information content (AvgIpc) is 2.68. The molecule has 11 heteroatoms. The van der Waals surface area contributed by atoms with E-state index in [1.165, 1.54) is 0 Å². The van der Waals surface area contributed by atoms with E-state index in [-0.39, 0.29) is 0 Å². The highest BCUT2D eigenvalue weighted by molar-refractivity contribution is 6.20. The van der Waals surface area contributed by atoms with Crippen molar-refractivity contribution in [2.24, 2.45) is 0 Å². The predicted octanol–water partition coefficient (Wildman–Crippen LogP) is -0.542. The number of aliphatic hydroxyl groups excluding tert-OH is 2. The number of rotatable bonds is 3. The molecule has 0 aliphatic carbocycles. The lowest BCUT2D eigenvalue weighted by Crippen LogP contribution is -2.51. The second-order valence-electron chi connectivity index (χ2n) is 4.48. The molecule has 2 heterocycles. The number of ether oxygens (including phenoxy) is 1. The third-order valence-corrected chi connectivity index (χ3v) is 3.61. The van der Waals surface area contributed by atoms with Crippen LogP contribution in [0.5, 0.6) is 0 Å². The van der Waals surface area contributed by atoms with Crippen LogP contribution in [0.1, 0.15) is 6.23 Å². The van der Waals surface area contributed by atoms with Gasteiger partial charge in [0.05, 0.1) is 12.8 Å². The zero-order valence-electron chi connectivity index (χ0n) is 10.3. The van der Waals surface area contributed by atoms with Gasteiger partial charge < -0.3 is 20.7 Å². The molecule has 0 saturated carbocycles. The van der Waals surface area contributed by atoms with E-state index in [0.717, 1.165) is 0 Å². The number of alkyl halides is 3. The quantitative estimate of drug-likeness (QED) is 0.642. The molecule has 1 aromatic rings. The van der Waals surface area contributed by atoms with Crippen molar-refractivity contribution in [1.82, 2.24) is 9.55 Å². The Morgan fingerprint density at radius 2 is 2.29 bits per heavy atom. The summed E-state index contributed by atoms with van der Waals surface area (Å²) in [6, 6.07) is 0. The summed E-state index contributed by atoms with van der Waals surface area (Å²) in [5.74, 6) is -1.84. The van der Waals surface area contributed by atoms with Gasteiger partial charge in [-0.05, 0) is 0 Å². The van der Waals surface area contributed by atoms with Crippen LogP contribution in [0, 0.1) is 5.82 Å². The topological polar surface area (TPSA) is 111 Å². The molecule has 2 rings (SSSR count). The van der Waals surface area contributed by atoms with Crippen LogP contribution in [0.15, 0.2) is 11.0 Å². The molecule has 1 fully saturated rings. The van der Waals surface area contributed by atoms with E-state index in [0.29, 0.717) is 10.8 Å². The highest BCUT2D eigenvalue weighted by Crippen LogP contribution is 2.42. The van der Waals surface area contributed by atoms with E-state index < -0.39 is 53.7 Å². The van der Waals surface area contributed by atoms with Crippen LogP contribution in [0.25, 0.3) is 0 Å². The van der Waals surface area contributed by atoms with Crippen molar-refractivity contribution in [2.45, 2.75) is 29.7 Å². The fourth-order valence-corrected chi connectivity index (χ4v) is 2.26. The number of aromatic nitrogens is 2. The van der Waals surface area contributed by atoms with Crippen LogP contribution in [-0.2, 0) is 4.74 Å². The second-order valence-corrected chi connectivity index (χ2v) is 4.86. The van der Waals surface area contributed by atoms with E-state index in [1.54, 1.807) is 0 Å². The summed E-state index contributed by atoms with van der Waals surface area (Å²) < 4.78 is 46.0. The summed E-state index contributed by atoms with van der Waals surface area (Å²) in [4.78, 5) is 14.7. The molecule has 0 bridgehead atoms. The summed E-state index contributed by atoms with van der Waals surface area (Å²) in [6.07, 6.45) is -5.94. The molecular weight excluding hydrogens is 319 g/mol. The molecule has 0 spiro atoms. The minimum atomic E-state index is -2.48. The maximum absolute atomic E-state index is 14.1. The van der Waals surface area contributed by atoms with Gasteiger partial charge in [0.2, 0.25) is 5.63 Å². The average molecular weight is 330 g/mol. The smallest absolute Gasteiger partial charge is 0.351 e. The van der Waals surface area contributed by atoms with E-state index in [9.17, 15) is 23.1 Å². The Hall–Kier alpha value is -1.36. The number of halogens is 4. The number of nitrogens with two attached hydrogens (primary N) is 1. The molecule has 1 saturated heterocycles. The Balaban J connectivity index is 2.47.